The largest absolute Gasteiger partial charge is 0.487 e. The maximum atomic E-state index is 11.8. The standard InChI is InChI=1S/C19H23N3O4/c1-2-25-19(24)21-11-9-18(23)22-13-15-6-5-8-17(12-15)26-14-16-7-3-4-10-20-16/h3-8,10,12H,2,9,11,13-14H2,1H3,(H,21,24)(H,22,23). The van der Waals surface area contributed by atoms with Gasteiger partial charge in [-0.1, -0.05) is 18.2 Å². The number of amides is 2. The molecule has 0 atom stereocenters. The Balaban J connectivity index is 1.72. The topological polar surface area (TPSA) is 89.5 Å². The summed E-state index contributed by atoms with van der Waals surface area (Å²) in [7, 11) is 0. The summed E-state index contributed by atoms with van der Waals surface area (Å²) < 4.78 is 10.4. The third kappa shape index (κ3) is 7.21. The van der Waals surface area contributed by atoms with Crippen molar-refractivity contribution in [2.45, 2.75) is 26.5 Å². The smallest absolute Gasteiger partial charge is 0.407 e. The Labute approximate surface area is 152 Å². The fourth-order valence-corrected chi connectivity index (χ4v) is 2.14. The van der Waals surface area contributed by atoms with Gasteiger partial charge in [0.05, 0.1) is 12.3 Å². The van der Waals surface area contributed by atoms with Gasteiger partial charge in [0, 0.05) is 25.7 Å². The van der Waals surface area contributed by atoms with Crippen molar-refractivity contribution in [1.82, 2.24) is 15.6 Å². The molecule has 0 unspecified atom stereocenters. The van der Waals surface area contributed by atoms with E-state index in [9.17, 15) is 9.59 Å². The molecule has 2 aromatic rings. The Bertz CT molecular complexity index is 707. The second kappa shape index (κ2) is 10.7. The Morgan fingerprint density at radius 2 is 2.00 bits per heavy atom. The highest BCUT2D eigenvalue weighted by Crippen LogP contribution is 2.14. The fraction of sp³-hybridized carbons (Fsp3) is 0.316. The van der Waals surface area contributed by atoms with E-state index in [0.29, 0.717) is 25.5 Å². The third-order valence-electron chi connectivity index (χ3n) is 3.40. The van der Waals surface area contributed by atoms with Gasteiger partial charge in [-0.2, -0.15) is 0 Å². The van der Waals surface area contributed by atoms with Gasteiger partial charge >= 0.3 is 6.09 Å². The molecule has 2 amide bonds. The number of nitrogens with zero attached hydrogens (tertiary/aromatic N) is 1. The van der Waals surface area contributed by atoms with Gasteiger partial charge in [0.25, 0.3) is 0 Å². The lowest BCUT2D eigenvalue weighted by Crippen LogP contribution is -2.30. The molecule has 2 rings (SSSR count). The Morgan fingerprint density at radius 1 is 1.12 bits per heavy atom. The van der Waals surface area contributed by atoms with Crippen molar-refractivity contribution in [2.75, 3.05) is 13.2 Å². The molecule has 1 aromatic heterocycles. The molecule has 1 aromatic carbocycles. The van der Waals surface area contributed by atoms with E-state index < -0.39 is 6.09 Å². The summed E-state index contributed by atoms with van der Waals surface area (Å²) in [5.74, 6) is 0.563. The van der Waals surface area contributed by atoms with E-state index in [1.807, 2.05) is 42.5 Å². The van der Waals surface area contributed by atoms with Gasteiger partial charge in [-0.25, -0.2) is 4.79 Å². The van der Waals surface area contributed by atoms with Crippen LogP contribution in [-0.2, 0) is 22.7 Å². The number of carbonyl (C=O) groups excluding carboxylic acids is 2. The number of benzene rings is 1. The first kappa shape index (κ1) is 19.2. The summed E-state index contributed by atoms with van der Waals surface area (Å²) >= 11 is 0. The van der Waals surface area contributed by atoms with Gasteiger partial charge in [-0.05, 0) is 36.8 Å². The van der Waals surface area contributed by atoms with Gasteiger partial charge in [0.1, 0.15) is 12.4 Å². The average molecular weight is 357 g/mol. The van der Waals surface area contributed by atoms with Crippen LogP contribution < -0.4 is 15.4 Å². The number of hydrogen-bond donors (Lipinski definition) is 2. The predicted molar refractivity (Wildman–Crippen MR) is 96.5 cm³/mol. The lowest BCUT2D eigenvalue weighted by atomic mass is 10.2. The van der Waals surface area contributed by atoms with Crippen LogP contribution in [0.1, 0.15) is 24.6 Å². The summed E-state index contributed by atoms with van der Waals surface area (Å²) in [6.07, 6.45) is 1.40. The van der Waals surface area contributed by atoms with Gasteiger partial charge < -0.3 is 20.1 Å². The summed E-state index contributed by atoms with van der Waals surface area (Å²) in [6.45, 7) is 3.03. The Kier molecular flexibility index (Phi) is 7.92. The molecule has 7 nitrogen and oxygen atoms in total. The average Bonchev–Trinajstić information content (AvgIpc) is 2.66. The molecule has 0 saturated heterocycles. The predicted octanol–water partition coefficient (Wildman–Crippen LogP) is 2.41. The van der Waals surface area contributed by atoms with Crippen LogP contribution in [0.25, 0.3) is 0 Å². The number of aromatic nitrogens is 1. The molecule has 0 spiro atoms. The van der Waals surface area contributed by atoms with Gasteiger partial charge in [0.2, 0.25) is 5.91 Å². The first-order chi connectivity index (χ1) is 12.7. The minimum absolute atomic E-state index is 0.151. The summed E-state index contributed by atoms with van der Waals surface area (Å²) in [4.78, 5) is 27.1. The van der Waals surface area contributed by atoms with Gasteiger partial charge in [0.15, 0.2) is 0 Å². The van der Waals surface area contributed by atoms with E-state index >= 15 is 0 Å². The minimum Gasteiger partial charge on any atom is -0.487 e. The third-order valence-corrected chi connectivity index (χ3v) is 3.40. The lowest BCUT2D eigenvalue weighted by molar-refractivity contribution is -0.121. The quantitative estimate of drug-likeness (QED) is 0.719. The van der Waals surface area contributed by atoms with E-state index in [-0.39, 0.29) is 18.9 Å². The van der Waals surface area contributed by atoms with Crippen LogP contribution in [0.4, 0.5) is 4.79 Å². The Morgan fingerprint density at radius 3 is 2.77 bits per heavy atom. The molecule has 0 radical (unpaired) electrons. The first-order valence-corrected chi connectivity index (χ1v) is 8.46. The number of ether oxygens (including phenoxy) is 2. The first-order valence-electron chi connectivity index (χ1n) is 8.46. The molecule has 0 aliphatic rings. The Hall–Kier alpha value is -3.09. The van der Waals surface area contributed by atoms with Crippen molar-refractivity contribution in [3.63, 3.8) is 0 Å². The molecule has 0 aliphatic carbocycles. The van der Waals surface area contributed by atoms with Crippen LogP contribution in [0, 0.1) is 0 Å². The van der Waals surface area contributed by atoms with Gasteiger partial charge in [-0.15, -0.1) is 0 Å². The molecule has 2 N–H and O–H groups in total. The molecule has 0 fully saturated rings. The van der Waals surface area contributed by atoms with Crippen LogP contribution in [-0.4, -0.2) is 30.1 Å². The second-order valence-electron chi connectivity index (χ2n) is 5.43. The molecule has 138 valence electrons. The molecule has 0 saturated carbocycles. The van der Waals surface area contributed by atoms with E-state index in [1.54, 1.807) is 13.1 Å². The molecule has 0 bridgehead atoms. The summed E-state index contributed by atoms with van der Waals surface area (Å²) in [5.41, 5.74) is 1.77. The van der Waals surface area contributed by atoms with Crippen LogP contribution >= 0.6 is 0 Å². The van der Waals surface area contributed by atoms with E-state index in [0.717, 1.165) is 11.3 Å². The maximum Gasteiger partial charge on any atom is 0.407 e. The highest BCUT2D eigenvalue weighted by atomic mass is 16.5. The van der Waals surface area contributed by atoms with Crippen molar-refractivity contribution in [1.29, 1.82) is 0 Å². The zero-order valence-corrected chi connectivity index (χ0v) is 14.7. The molecular weight excluding hydrogens is 334 g/mol. The van der Waals surface area contributed by atoms with Crippen LogP contribution in [0.2, 0.25) is 0 Å². The number of alkyl carbamates (subject to hydrolysis) is 1. The van der Waals surface area contributed by atoms with E-state index in [2.05, 4.69) is 15.6 Å². The van der Waals surface area contributed by atoms with Crippen LogP contribution in [0.15, 0.2) is 48.7 Å². The number of nitrogens with one attached hydrogen (secondary N) is 2. The lowest BCUT2D eigenvalue weighted by Gasteiger charge is -2.09. The monoisotopic (exact) mass is 357 g/mol. The highest BCUT2D eigenvalue weighted by Gasteiger charge is 2.05. The highest BCUT2D eigenvalue weighted by molar-refractivity contribution is 5.77. The molecule has 1 heterocycles. The minimum atomic E-state index is -0.516. The molecular formula is C19H23N3O4. The molecule has 0 aliphatic heterocycles. The SMILES string of the molecule is CCOC(=O)NCCC(=O)NCc1cccc(OCc2ccccn2)c1. The van der Waals surface area contributed by atoms with Crippen molar-refractivity contribution in [3.8, 4) is 5.75 Å². The van der Waals surface area contributed by atoms with Crippen molar-refractivity contribution >= 4 is 12.0 Å². The van der Waals surface area contributed by atoms with Crippen molar-refractivity contribution in [2.24, 2.45) is 0 Å². The summed E-state index contributed by atoms with van der Waals surface area (Å²) in [5, 5.41) is 5.31. The normalized spacial score (nSPS) is 10.0. The number of rotatable bonds is 9. The van der Waals surface area contributed by atoms with Crippen LogP contribution in [0.3, 0.4) is 0 Å². The second-order valence-corrected chi connectivity index (χ2v) is 5.43. The van der Waals surface area contributed by atoms with Crippen LogP contribution in [0.5, 0.6) is 5.75 Å². The van der Waals surface area contributed by atoms with Crippen molar-refractivity contribution in [3.05, 3.63) is 59.9 Å². The zero-order valence-electron chi connectivity index (χ0n) is 14.7. The molecule has 7 heteroatoms. The van der Waals surface area contributed by atoms with Crippen molar-refractivity contribution < 1.29 is 19.1 Å². The fourth-order valence-electron chi connectivity index (χ4n) is 2.14. The van der Waals surface area contributed by atoms with E-state index in [4.69, 9.17) is 9.47 Å². The number of hydrogen-bond acceptors (Lipinski definition) is 5. The summed E-state index contributed by atoms with van der Waals surface area (Å²) in [6, 6.07) is 13.2. The van der Waals surface area contributed by atoms with E-state index in [1.165, 1.54) is 0 Å². The number of carbonyl (C=O) groups is 2. The zero-order chi connectivity index (χ0) is 18.6. The van der Waals surface area contributed by atoms with Gasteiger partial charge in [-0.3, -0.25) is 9.78 Å². The number of pyridine rings is 1. The maximum absolute atomic E-state index is 11.8. The molecule has 26 heavy (non-hydrogen) atoms.